The Labute approximate surface area is 181 Å². The van der Waals surface area contributed by atoms with Crippen molar-refractivity contribution < 1.29 is 9.21 Å². The Kier molecular flexibility index (Phi) is 4.65. The molecular formula is C25H26N4O2. The number of nitrogens with zero attached hydrogens (tertiary/aromatic N) is 3. The van der Waals surface area contributed by atoms with Crippen molar-refractivity contribution in [1.29, 1.82) is 0 Å². The topological polar surface area (TPSA) is 73.0 Å². The number of hydrogen-bond acceptors (Lipinski definition) is 4. The first-order valence-electron chi connectivity index (χ1n) is 10.8. The van der Waals surface area contributed by atoms with Gasteiger partial charge in [-0.3, -0.25) is 4.79 Å². The Morgan fingerprint density at radius 2 is 2.03 bits per heavy atom. The van der Waals surface area contributed by atoms with E-state index in [2.05, 4.69) is 42.5 Å². The number of amides is 1. The van der Waals surface area contributed by atoms with E-state index >= 15 is 0 Å². The maximum Gasteiger partial charge on any atom is 0.252 e. The van der Waals surface area contributed by atoms with Crippen molar-refractivity contribution in [2.24, 2.45) is 0 Å². The summed E-state index contributed by atoms with van der Waals surface area (Å²) in [5, 5.41) is 8.54. The van der Waals surface area contributed by atoms with Gasteiger partial charge in [-0.1, -0.05) is 24.3 Å². The molecule has 0 spiro atoms. The summed E-state index contributed by atoms with van der Waals surface area (Å²) in [6.45, 7) is 7.95. The SMILES string of the molecule is Cc1cc(-c2cc(C(=O)NC3CCc4ccccc43)c3cnn(C(C)C)c3n2)c(C)o1. The van der Waals surface area contributed by atoms with Crippen LogP contribution in [0.4, 0.5) is 0 Å². The zero-order valence-electron chi connectivity index (χ0n) is 18.3. The van der Waals surface area contributed by atoms with Crippen molar-refractivity contribution >= 4 is 16.9 Å². The lowest BCUT2D eigenvalue weighted by Crippen LogP contribution is -2.27. The van der Waals surface area contributed by atoms with Crippen molar-refractivity contribution in [2.75, 3.05) is 0 Å². The predicted octanol–water partition coefficient (Wildman–Crippen LogP) is 5.31. The molecule has 0 saturated heterocycles. The summed E-state index contributed by atoms with van der Waals surface area (Å²) in [6, 6.07) is 12.3. The number of aryl methyl sites for hydroxylation is 3. The van der Waals surface area contributed by atoms with Crippen LogP contribution in [-0.2, 0) is 6.42 Å². The van der Waals surface area contributed by atoms with Crippen LogP contribution >= 0.6 is 0 Å². The molecule has 0 bridgehead atoms. The quantitative estimate of drug-likeness (QED) is 0.491. The van der Waals surface area contributed by atoms with Gasteiger partial charge >= 0.3 is 0 Å². The molecule has 3 aromatic heterocycles. The second-order valence-corrected chi connectivity index (χ2v) is 8.57. The fraction of sp³-hybridized carbons (Fsp3) is 0.320. The van der Waals surface area contributed by atoms with E-state index in [4.69, 9.17) is 9.40 Å². The number of nitrogens with one attached hydrogen (secondary N) is 1. The summed E-state index contributed by atoms with van der Waals surface area (Å²) in [6.07, 6.45) is 3.64. The molecule has 3 heterocycles. The molecule has 1 atom stereocenters. The fourth-order valence-electron chi connectivity index (χ4n) is 4.55. The first-order valence-corrected chi connectivity index (χ1v) is 10.8. The average molecular weight is 415 g/mol. The van der Waals surface area contributed by atoms with Crippen LogP contribution in [0.2, 0.25) is 0 Å². The standard InChI is InChI=1S/C25H26N4O2/c1-14(2)29-24-21(13-26-29)20(12-23(27-24)19-11-15(3)31-16(19)4)25(30)28-22-10-9-17-7-5-6-8-18(17)22/h5-8,11-14,22H,9-10H2,1-4H3,(H,28,30). The number of benzene rings is 1. The lowest BCUT2D eigenvalue weighted by molar-refractivity contribution is 0.0938. The third kappa shape index (κ3) is 3.32. The molecule has 158 valence electrons. The number of furan rings is 1. The average Bonchev–Trinajstić information content (AvgIpc) is 3.44. The minimum absolute atomic E-state index is 0.0217. The lowest BCUT2D eigenvalue weighted by atomic mass is 10.0. The Hall–Kier alpha value is -3.41. The highest BCUT2D eigenvalue weighted by Gasteiger charge is 2.26. The van der Waals surface area contributed by atoms with Crippen molar-refractivity contribution in [2.45, 2.75) is 52.6 Å². The number of pyridine rings is 1. The summed E-state index contributed by atoms with van der Waals surface area (Å²) in [4.78, 5) is 18.3. The molecule has 6 heteroatoms. The normalized spacial score (nSPS) is 15.6. The van der Waals surface area contributed by atoms with Crippen LogP contribution in [-0.4, -0.2) is 20.7 Å². The Balaban J connectivity index is 1.60. The van der Waals surface area contributed by atoms with E-state index in [-0.39, 0.29) is 18.0 Å². The Bertz CT molecular complexity index is 1300. The van der Waals surface area contributed by atoms with E-state index in [1.807, 2.05) is 36.7 Å². The van der Waals surface area contributed by atoms with Gasteiger partial charge in [0, 0.05) is 11.6 Å². The smallest absolute Gasteiger partial charge is 0.252 e. The summed E-state index contributed by atoms with van der Waals surface area (Å²) in [5.41, 5.74) is 5.45. The van der Waals surface area contributed by atoms with E-state index in [1.165, 1.54) is 11.1 Å². The highest BCUT2D eigenvalue weighted by atomic mass is 16.3. The van der Waals surface area contributed by atoms with Crippen LogP contribution in [0.5, 0.6) is 0 Å². The highest BCUT2D eigenvalue weighted by Crippen LogP contribution is 2.33. The molecule has 0 aliphatic heterocycles. The van der Waals surface area contributed by atoms with E-state index in [0.717, 1.165) is 41.0 Å². The molecule has 5 rings (SSSR count). The summed E-state index contributed by atoms with van der Waals surface area (Å²) < 4.78 is 7.59. The van der Waals surface area contributed by atoms with Gasteiger partial charge < -0.3 is 9.73 Å². The molecule has 1 unspecified atom stereocenters. The fourth-order valence-corrected chi connectivity index (χ4v) is 4.55. The number of carbonyl (C=O) groups excluding carboxylic acids is 1. The first-order chi connectivity index (χ1) is 14.9. The number of carbonyl (C=O) groups is 1. The molecule has 1 aliphatic carbocycles. The molecule has 1 amide bonds. The maximum atomic E-state index is 13.5. The van der Waals surface area contributed by atoms with Crippen LogP contribution in [0, 0.1) is 13.8 Å². The lowest BCUT2D eigenvalue weighted by Gasteiger charge is -2.15. The van der Waals surface area contributed by atoms with Crippen LogP contribution in [0.25, 0.3) is 22.3 Å². The van der Waals surface area contributed by atoms with Crippen molar-refractivity contribution in [3.8, 4) is 11.3 Å². The molecule has 6 nitrogen and oxygen atoms in total. The van der Waals surface area contributed by atoms with Gasteiger partial charge in [-0.25, -0.2) is 9.67 Å². The summed E-state index contributed by atoms with van der Waals surface area (Å²) in [7, 11) is 0. The second-order valence-electron chi connectivity index (χ2n) is 8.57. The van der Waals surface area contributed by atoms with E-state index < -0.39 is 0 Å². The van der Waals surface area contributed by atoms with Crippen LogP contribution in [0.1, 0.15) is 65.4 Å². The Morgan fingerprint density at radius 1 is 1.23 bits per heavy atom. The minimum Gasteiger partial charge on any atom is -0.466 e. The van der Waals surface area contributed by atoms with E-state index in [9.17, 15) is 4.79 Å². The van der Waals surface area contributed by atoms with Gasteiger partial charge in [0.15, 0.2) is 5.65 Å². The first kappa shape index (κ1) is 19.5. The molecule has 4 aromatic rings. The zero-order chi connectivity index (χ0) is 21.7. The maximum absolute atomic E-state index is 13.5. The molecule has 1 aromatic carbocycles. The predicted molar refractivity (Wildman–Crippen MR) is 120 cm³/mol. The van der Waals surface area contributed by atoms with Gasteiger partial charge in [0.2, 0.25) is 0 Å². The van der Waals surface area contributed by atoms with Crippen molar-refractivity contribution in [1.82, 2.24) is 20.1 Å². The van der Waals surface area contributed by atoms with Gasteiger partial charge in [0.05, 0.1) is 28.9 Å². The summed E-state index contributed by atoms with van der Waals surface area (Å²) in [5.74, 6) is 1.51. The number of fused-ring (bicyclic) bond motifs is 2. The minimum atomic E-state index is -0.100. The number of hydrogen-bond donors (Lipinski definition) is 1. The number of rotatable bonds is 4. The highest BCUT2D eigenvalue weighted by molar-refractivity contribution is 6.06. The second kappa shape index (κ2) is 7.38. The van der Waals surface area contributed by atoms with Crippen LogP contribution in [0.3, 0.4) is 0 Å². The van der Waals surface area contributed by atoms with E-state index in [1.54, 1.807) is 6.20 Å². The largest absolute Gasteiger partial charge is 0.466 e. The summed E-state index contributed by atoms with van der Waals surface area (Å²) >= 11 is 0. The van der Waals surface area contributed by atoms with E-state index in [0.29, 0.717) is 11.2 Å². The van der Waals surface area contributed by atoms with Gasteiger partial charge in [-0.2, -0.15) is 5.10 Å². The molecule has 0 fully saturated rings. The molecule has 0 radical (unpaired) electrons. The van der Waals surface area contributed by atoms with Gasteiger partial charge in [0.25, 0.3) is 5.91 Å². The van der Waals surface area contributed by atoms with Gasteiger partial charge in [-0.05, 0) is 63.8 Å². The van der Waals surface area contributed by atoms with Gasteiger partial charge in [-0.15, -0.1) is 0 Å². The van der Waals surface area contributed by atoms with Crippen LogP contribution < -0.4 is 5.32 Å². The van der Waals surface area contributed by atoms with Crippen molar-refractivity contribution in [3.63, 3.8) is 0 Å². The monoisotopic (exact) mass is 414 g/mol. The zero-order valence-corrected chi connectivity index (χ0v) is 18.3. The van der Waals surface area contributed by atoms with Crippen LogP contribution in [0.15, 0.2) is 47.0 Å². The molecule has 0 saturated carbocycles. The van der Waals surface area contributed by atoms with Crippen molar-refractivity contribution in [3.05, 3.63) is 70.8 Å². The molecular weight excluding hydrogens is 388 g/mol. The van der Waals surface area contributed by atoms with Gasteiger partial charge in [0.1, 0.15) is 11.5 Å². The molecule has 31 heavy (non-hydrogen) atoms. The molecule has 1 aliphatic rings. The third-order valence-electron chi connectivity index (χ3n) is 6.06. The third-order valence-corrected chi connectivity index (χ3v) is 6.06. The number of aromatic nitrogens is 3. The molecule has 1 N–H and O–H groups in total. The Morgan fingerprint density at radius 3 is 2.77 bits per heavy atom.